The van der Waals surface area contributed by atoms with E-state index in [2.05, 4.69) is 9.97 Å². The van der Waals surface area contributed by atoms with Gasteiger partial charge in [-0.25, -0.2) is 18.4 Å². The number of hydrogen-bond acceptors (Lipinski definition) is 4. The predicted octanol–water partition coefficient (Wildman–Crippen LogP) is 1.35. The van der Waals surface area contributed by atoms with Crippen LogP contribution in [0.15, 0.2) is 17.4 Å². The molecular weight excluding hydrogens is 238 g/mol. The van der Waals surface area contributed by atoms with E-state index in [1.165, 1.54) is 12.5 Å². The van der Waals surface area contributed by atoms with Crippen molar-refractivity contribution in [3.63, 3.8) is 0 Å². The normalized spacial score (nSPS) is 22.6. The average Bonchev–Trinajstić information content (AvgIpc) is 2.29. The molecule has 1 unspecified atom stereocenters. The molecule has 17 heavy (non-hydrogen) atoms. The maximum atomic E-state index is 12.5. The summed E-state index contributed by atoms with van der Waals surface area (Å²) >= 11 is 0. The van der Waals surface area contributed by atoms with Gasteiger partial charge in [0, 0.05) is 12.6 Å². The molecule has 2 heterocycles. The Morgan fingerprint density at radius 2 is 2.18 bits per heavy atom. The zero-order chi connectivity index (χ0) is 12.5. The Kier molecular flexibility index (Phi) is 3.44. The van der Waals surface area contributed by atoms with Crippen molar-refractivity contribution in [1.29, 1.82) is 0 Å². The van der Waals surface area contributed by atoms with Crippen molar-refractivity contribution >= 4 is 10.0 Å². The molecule has 0 N–H and O–H groups in total. The van der Waals surface area contributed by atoms with Gasteiger partial charge in [0.05, 0.1) is 11.9 Å². The van der Waals surface area contributed by atoms with Crippen LogP contribution < -0.4 is 0 Å². The minimum absolute atomic E-state index is 0.0633. The lowest BCUT2D eigenvalue weighted by Crippen LogP contribution is -2.42. The van der Waals surface area contributed by atoms with Crippen LogP contribution in [0.2, 0.25) is 0 Å². The van der Waals surface area contributed by atoms with Crippen molar-refractivity contribution < 1.29 is 8.42 Å². The quantitative estimate of drug-likeness (QED) is 0.800. The van der Waals surface area contributed by atoms with Crippen LogP contribution in [0, 0.1) is 6.92 Å². The van der Waals surface area contributed by atoms with Crippen molar-refractivity contribution in [2.75, 3.05) is 6.54 Å². The zero-order valence-corrected chi connectivity index (χ0v) is 10.9. The van der Waals surface area contributed by atoms with Crippen molar-refractivity contribution in [3.8, 4) is 0 Å². The SMILES string of the molecule is Cc1ncncc1S(=O)(=O)N1CCCCC1C. The number of piperidine rings is 1. The van der Waals surface area contributed by atoms with Crippen LogP contribution in [0.3, 0.4) is 0 Å². The lowest BCUT2D eigenvalue weighted by molar-refractivity contribution is 0.268. The second-order valence-electron chi connectivity index (χ2n) is 4.43. The molecule has 0 radical (unpaired) electrons. The first-order chi connectivity index (χ1) is 8.03. The van der Waals surface area contributed by atoms with E-state index in [4.69, 9.17) is 0 Å². The Bertz CT molecular complexity index is 501. The van der Waals surface area contributed by atoms with Crippen LogP contribution in [-0.4, -0.2) is 35.3 Å². The van der Waals surface area contributed by atoms with Crippen molar-refractivity contribution in [2.24, 2.45) is 0 Å². The van der Waals surface area contributed by atoms with Crippen molar-refractivity contribution in [3.05, 3.63) is 18.2 Å². The first kappa shape index (κ1) is 12.4. The van der Waals surface area contributed by atoms with E-state index in [9.17, 15) is 8.42 Å². The molecule has 2 rings (SSSR count). The summed E-state index contributed by atoms with van der Waals surface area (Å²) < 4.78 is 26.5. The standard InChI is InChI=1S/C11H17N3O2S/c1-9-5-3-4-6-14(9)17(15,16)11-7-12-8-13-10(11)2/h7-9H,3-6H2,1-2H3. The molecule has 6 heteroatoms. The van der Waals surface area contributed by atoms with Gasteiger partial charge in [0.2, 0.25) is 10.0 Å². The number of nitrogens with zero attached hydrogens (tertiary/aromatic N) is 3. The molecule has 0 bridgehead atoms. The van der Waals surface area contributed by atoms with E-state index >= 15 is 0 Å². The second kappa shape index (κ2) is 4.70. The van der Waals surface area contributed by atoms with Gasteiger partial charge < -0.3 is 0 Å². The van der Waals surface area contributed by atoms with Gasteiger partial charge in [0.1, 0.15) is 11.2 Å². The van der Waals surface area contributed by atoms with Gasteiger partial charge >= 0.3 is 0 Å². The molecule has 1 atom stereocenters. The number of sulfonamides is 1. The highest BCUT2D eigenvalue weighted by Gasteiger charge is 2.32. The Hall–Kier alpha value is -1.01. The molecule has 0 amide bonds. The Balaban J connectivity index is 2.39. The fraction of sp³-hybridized carbons (Fsp3) is 0.636. The van der Waals surface area contributed by atoms with Gasteiger partial charge in [0.25, 0.3) is 0 Å². The summed E-state index contributed by atoms with van der Waals surface area (Å²) in [5, 5.41) is 0. The summed E-state index contributed by atoms with van der Waals surface area (Å²) in [6.45, 7) is 4.25. The highest BCUT2D eigenvalue weighted by Crippen LogP contribution is 2.25. The van der Waals surface area contributed by atoms with Crippen LogP contribution in [0.5, 0.6) is 0 Å². The van der Waals surface area contributed by atoms with E-state index in [1.54, 1.807) is 11.2 Å². The van der Waals surface area contributed by atoms with Crippen molar-refractivity contribution in [1.82, 2.24) is 14.3 Å². The van der Waals surface area contributed by atoms with Crippen LogP contribution in [0.4, 0.5) is 0 Å². The summed E-state index contributed by atoms with van der Waals surface area (Å²) in [5.74, 6) is 0. The summed E-state index contributed by atoms with van der Waals surface area (Å²) in [6, 6.07) is 0.0633. The van der Waals surface area contributed by atoms with E-state index < -0.39 is 10.0 Å². The molecule has 1 aliphatic heterocycles. The molecule has 1 saturated heterocycles. The largest absolute Gasteiger partial charge is 0.246 e. The highest BCUT2D eigenvalue weighted by molar-refractivity contribution is 7.89. The van der Waals surface area contributed by atoms with Gasteiger partial charge in [-0.15, -0.1) is 0 Å². The molecule has 0 aliphatic carbocycles. The second-order valence-corrected chi connectivity index (χ2v) is 6.29. The number of hydrogen-bond donors (Lipinski definition) is 0. The molecule has 1 aliphatic rings. The highest BCUT2D eigenvalue weighted by atomic mass is 32.2. The Morgan fingerprint density at radius 1 is 1.41 bits per heavy atom. The first-order valence-electron chi connectivity index (χ1n) is 5.82. The fourth-order valence-electron chi connectivity index (χ4n) is 2.19. The zero-order valence-electron chi connectivity index (χ0n) is 10.1. The van der Waals surface area contributed by atoms with Gasteiger partial charge in [-0.1, -0.05) is 6.42 Å². The molecule has 0 aromatic carbocycles. The minimum atomic E-state index is -3.43. The molecule has 0 saturated carbocycles. The third-order valence-electron chi connectivity index (χ3n) is 3.20. The van der Waals surface area contributed by atoms with Crippen molar-refractivity contribution in [2.45, 2.75) is 44.0 Å². The topological polar surface area (TPSA) is 63.2 Å². The van der Waals surface area contributed by atoms with Crippen LogP contribution in [0.1, 0.15) is 31.9 Å². The maximum Gasteiger partial charge on any atom is 0.246 e. The van der Waals surface area contributed by atoms with E-state index in [1.807, 2.05) is 6.92 Å². The molecular formula is C11H17N3O2S. The minimum Gasteiger partial charge on any atom is -0.243 e. The number of aryl methyl sites for hydroxylation is 1. The molecule has 1 aromatic heterocycles. The first-order valence-corrected chi connectivity index (χ1v) is 7.26. The number of rotatable bonds is 2. The lowest BCUT2D eigenvalue weighted by atomic mass is 10.1. The number of aromatic nitrogens is 2. The smallest absolute Gasteiger partial charge is 0.243 e. The van der Waals surface area contributed by atoms with E-state index in [0.29, 0.717) is 12.2 Å². The van der Waals surface area contributed by atoms with Gasteiger partial charge in [0.15, 0.2) is 0 Å². The monoisotopic (exact) mass is 255 g/mol. The molecule has 94 valence electrons. The molecule has 1 fully saturated rings. The predicted molar refractivity (Wildman–Crippen MR) is 64.0 cm³/mol. The Labute approximate surface area is 102 Å². The summed E-state index contributed by atoms with van der Waals surface area (Å²) in [5.41, 5.74) is 0.512. The van der Waals surface area contributed by atoms with Crippen LogP contribution >= 0.6 is 0 Å². The van der Waals surface area contributed by atoms with Crippen LogP contribution in [0.25, 0.3) is 0 Å². The third-order valence-corrected chi connectivity index (χ3v) is 5.31. The summed E-state index contributed by atoms with van der Waals surface area (Å²) in [7, 11) is -3.43. The van der Waals surface area contributed by atoms with Gasteiger partial charge in [-0.2, -0.15) is 4.31 Å². The van der Waals surface area contributed by atoms with Crippen LogP contribution in [-0.2, 0) is 10.0 Å². The third kappa shape index (κ3) is 2.32. The Morgan fingerprint density at radius 3 is 2.82 bits per heavy atom. The van der Waals surface area contributed by atoms with Gasteiger partial charge in [-0.05, 0) is 26.7 Å². The van der Waals surface area contributed by atoms with E-state index in [0.717, 1.165) is 19.3 Å². The molecule has 5 nitrogen and oxygen atoms in total. The molecule has 1 aromatic rings. The lowest BCUT2D eigenvalue weighted by Gasteiger charge is -2.32. The maximum absolute atomic E-state index is 12.5. The summed E-state index contributed by atoms with van der Waals surface area (Å²) in [4.78, 5) is 7.99. The summed E-state index contributed by atoms with van der Waals surface area (Å²) in [6.07, 6.45) is 5.70. The molecule has 0 spiro atoms. The average molecular weight is 255 g/mol. The van der Waals surface area contributed by atoms with E-state index in [-0.39, 0.29) is 10.9 Å². The van der Waals surface area contributed by atoms with Gasteiger partial charge in [-0.3, -0.25) is 0 Å². The fourth-order valence-corrected chi connectivity index (χ4v) is 4.01.